The molecule has 0 aliphatic heterocycles. The number of amidine groups is 1. The first-order valence-electron chi connectivity index (χ1n) is 11.4. The zero-order chi connectivity index (χ0) is 25.2. The molecule has 0 spiro atoms. The van der Waals surface area contributed by atoms with Crippen molar-refractivity contribution < 1.29 is 0 Å². The van der Waals surface area contributed by atoms with Crippen LogP contribution in [-0.2, 0) is 7.05 Å². The van der Waals surface area contributed by atoms with Crippen LogP contribution in [0.4, 0.5) is 5.00 Å². The number of aliphatic imine (C=N–C) groups is 2. The third-order valence-electron chi connectivity index (χ3n) is 6.01. The highest BCUT2D eigenvalue weighted by Gasteiger charge is 2.20. The molecule has 5 rings (SSSR count). The molecule has 3 heterocycles. The number of nitrogens with zero attached hydrogens (tertiary/aromatic N) is 6. The number of para-hydroxylation sites is 1. The van der Waals surface area contributed by atoms with Crippen LogP contribution in [0, 0.1) is 0 Å². The lowest BCUT2D eigenvalue weighted by atomic mass is 10.00. The fraction of sp³-hybridized carbons (Fsp3) is 0.148. The van der Waals surface area contributed by atoms with E-state index in [1.807, 2.05) is 81.8 Å². The summed E-state index contributed by atoms with van der Waals surface area (Å²) >= 11 is 1.47. The number of benzene rings is 2. The van der Waals surface area contributed by atoms with Gasteiger partial charge in [-0.05, 0) is 42.8 Å². The molecule has 0 saturated carbocycles. The van der Waals surface area contributed by atoms with Gasteiger partial charge in [0.15, 0.2) is 5.84 Å². The Labute approximate surface area is 212 Å². The van der Waals surface area contributed by atoms with Crippen molar-refractivity contribution in [2.24, 2.45) is 17.0 Å². The summed E-state index contributed by atoms with van der Waals surface area (Å²) in [6, 6.07) is 17.1. The summed E-state index contributed by atoms with van der Waals surface area (Å²) in [4.78, 5) is 27.6. The molecule has 1 atom stereocenters. The second-order valence-electron chi connectivity index (χ2n) is 8.28. The Bertz CT molecular complexity index is 1650. The molecule has 0 fully saturated rings. The predicted octanol–water partition coefficient (Wildman–Crippen LogP) is 5.10. The largest absolute Gasteiger partial charge is 0.378 e. The fourth-order valence-electron chi connectivity index (χ4n) is 4.34. The van der Waals surface area contributed by atoms with Crippen LogP contribution < -0.4 is 10.9 Å². The molecule has 0 unspecified atom stereocenters. The molecule has 0 radical (unpaired) electrons. The molecule has 0 bridgehead atoms. The van der Waals surface area contributed by atoms with Crippen molar-refractivity contribution in [1.82, 2.24) is 19.3 Å². The van der Waals surface area contributed by atoms with Gasteiger partial charge in [-0.15, -0.1) is 11.3 Å². The Morgan fingerprint density at radius 2 is 1.97 bits per heavy atom. The predicted molar refractivity (Wildman–Crippen MR) is 148 cm³/mol. The number of aromatic nitrogens is 4. The molecule has 0 aliphatic carbocycles. The molecule has 2 aromatic carbocycles. The van der Waals surface area contributed by atoms with Crippen LogP contribution in [0.2, 0.25) is 0 Å². The van der Waals surface area contributed by atoms with Crippen LogP contribution >= 0.6 is 11.3 Å². The molecule has 8 nitrogen and oxygen atoms in total. The van der Waals surface area contributed by atoms with Crippen LogP contribution in [0.15, 0.2) is 87.3 Å². The van der Waals surface area contributed by atoms with E-state index in [1.165, 1.54) is 11.3 Å². The molecule has 0 aliphatic rings. The molecule has 5 aromatic rings. The Hall–Kier alpha value is -4.37. The van der Waals surface area contributed by atoms with Crippen molar-refractivity contribution in [2.75, 3.05) is 12.4 Å². The smallest absolute Gasteiger partial charge is 0.263 e. The molecular formula is C27H25N7OS. The fourth-order valence-corrected chi connectivity index (χ4v) is 4.98. The van der Waals surface area contributed by atoms with Gasteiger partial charge in [0.2, 0.25) is 0 Å². The molecule has 3 aromatic heterocycles. The number of hydrogen-bond donors (Lipinski definition) is 1. The van der Waals surface area contributed by atoms with Gasteiger partial charge in [0.25, 0.3) is 5.56 Å². The summed E-state index contributed by atoms with van der Waals surface area (Å²) in [5.41, 5.74) is 5.49. The summed E-state index contributed by atoms with van der Waals surface area (Å²) in [5, 5.41) is 9.75. The van der Waals surface area contributed by atoms with Gasteiger partial charge in [0, 0.05) is 31.5 Å². The summed E-state index contributed by atoms with van der Waals surface area (Å²) in [7, 11) is 3.69. The number of nitrogens with one attached hydrogen (secondary N) is 1. The zero-order valence-corrected chi connectivity index (χ0v) is 21.0. The number of anilines is 1. The maximum Gasteiger partial charge on any atom is 0.263 e. The van der Waals surface area contributed by atoms with E-state index in [2.05, 4.69) is 27.1 Å². The van der Waals surface area contributed by atoms with Crippen LogP contribution in [0.25, 0.3) is 27.6 Å². The van der Waals surface area contributed by atoms with Crippen LogP contribution in [0.1, 0.15) is 24.4 Å². The molecule has 36 heavy (non-hydrogen) atoms. The van der Waals surface area contributed by atoms with Crippen molar-refractivity contribution in [3.63, 3.8) is 0 Å². The Morgan fingerprint density at radius 1 is 1.17 bits per heavy atom. The van der Waals surface area contributed by atoms with Gasteiger partial charge in [0.1, 0.15) is 10.7 Å². The van der Waals surface area contributed by atoms with Crippen LogP contribution in [-0.4, -0.2) is 38.9 Å². The first-order chi connectivity index (χ1) is 17.5. The number of aryl methyl sites for hydroxylation is 1. The first-order valence-corrected chi connectivity index (χ1v) is 12.3. The van der Waals surface area contributed by atoms with Gasteiger partial charge in [-0.1, -0.05) is 36.4 Å². The third kappa shape index (κ3) is 4.14. The Morgan fingerprint density at radius 3 is 2.67 bits per heavy atom. The molecule has 0 saturated heterocycles. The van der Waals surface area contributed by atoms with Crippen molar-refractivity contribution in [2.45, 2.75) is 13.0 Å². The highest BCUT2D eigenvalue weighted by molar-refractivity contribution is 7.14. The van der Waals surface area contributed by atoms with Crippen molar-refractivity contribution >= 4 is 39.7 Å². The number of hydrogen-bond acceptors (Lipinski definition) is 6. The minimum Gasteiger partial charge on any atom is -0.378 e. The van der Waals surface area contributed by atoms with E-state index in [4.69, 9.17) is 4.99 Å². The van der Waals surface area contributed by atoms with E-state index in [1.54, 1.807) is 21.0 Å². The Balaban J connectivity index is 1.76. The van der Waals surface area contributed by atoms with E-state index >= 15 is 0 Å². The van der Waals surface area contributed by atoms with Crippen molar-refractivity contribution in [3.05, 3.63) is 94.2 Å². The first kappa shape index (κ1) is 23.4. The molecule has 0 amide bonds. The number of rotatable bonds is 6. The van der Waals surface area contributed by atoms with Gasteiger partial charge in [-0.2, -0.15) is 5.10 Å². The average Bonchev–Trinajstić information content (AvgIpc) is 3.56. The van der Waals surface area contributed by atoms with E-state index < -0.39 is 6.04 Å². The standard InChI is InChI=1S/C27H25N7OS/c1-17(32-25(28-2)24-26(29-3)36-16-30-24)22-13-18-9-8-12-21(19-14-31-33(4)15-19)23(18)27(35)34(22)20-10-6-5-7-11-20/h5-17,29H,2H2,1,3-4H3/t17-/m0/s1. The maximum atomic E-state index is 14.2. The topological polar surface area (TPSA) is 89.5 Å². The van der Waals surface area contributed by atoms with E-state index in [9.17, 15) is 4.79 Å². The highest BCUT2D eigenvalue weighted by atomic mass is 32.1. The zero-order valence-electron chi connectivity index (χ0n) is 20.2. The van der Waals surface area contributed by atoms with Crippen LogP contribution in [0.5, 0.6) is 0 Å². The molecular weight excluding hydrogens is 470 g/mol. The van der Waals surface area contributed by atoms with E-state index in [-0.39, 0.29) is 5.56 Å². The van der Waals surface area contributed by atoms with E-state index in [0.717, 1.165) is 32.9 Å². The lowest BCUT2D eigenvalue weighted by Gasteiger charge is -2.19. The summed E-state index contributed by atoms with van der Waals surface area (Å²) in [6.45, 7) is 5.66. The second-order valence-corrected chi connectivity index (χ2v) is 9.14. The SMILES string of the molecule is C=NC(=N[C@@H](C)c1cc2cccc(-c3cnn(C)c3)c2c(=O)n1-c1ccccc1)c1ncsc1NC. The van der Waals surface area contributed by atoms with Gasteiger partial charge in [0.05, 0.1) is 28.8 Å². The molecule has 1 N–H and O–H groups in total. The van der Waals surface area contributed by atoms with Gasteiger partial charge < -0.3 is 5.32 Å². The lowest BCUT2D eigenvalue weighted by Crippen LogP contribution is -2.24. The monoisotopic (exact) mass is 495 g/mol. The van der Waals surface area contributed by atoms with E-state index in [0.29, 0.717) is 16.9 Å². The normalized spacial score (nSPS) is 12.6. The second kappa shape index (κ2) is 9.71. The summed E-state index contributed by atoms with van der Waals surface area (Å²) in [5.74, 6) is 0.421. The number of fused-ring (bicyclic) bond motifs is 1. The van der Waals surface area contributed by atoms with Crippen molar-refractivity contribution in [3.8, 4) is 16.8 Å². The van der Waals surface area contributed by atoms with Gasteiger partial charge in [-0.25, -0.2) is 9.98 Å². The number of thiazole rings is 1. The third-order valence-corrected chi connectivity index (χ3v) is 6.85. The molecule has 180 valence electrons. The van der Waals surface area contributed by atoms with Crippen LogP contribution in [0.3, 0.4) is 0 Å². The summed E-state index contributed by atoms with van der Waals surface area (Å²) in [6.07, 6.45) is 3.69. The Kier molecular flexibility index (Phi) is 6.30. The number of pyridine rings is 1. The van der Waals surface area contributed by atoms with Gasteiger partial charge in [-0.3, -0.25) is 19.0 Å². The highest BCUT2D eigenvalue weighted by Crippen LogP contribution is 2.30. The quantitative estimate of drug-likeness (QED) is 0.262. The molecule has 9 heteroatoms. The summed E-state index contributed by atoms with van der Waals surface area (Å²) < 4.78 is 3.47. The minimum atomic E-state index is -0.406. The average molecular weight is 496 g/mol. The maximum absolute atomic E-state index is 14.2. The lowest BCUT2D eigenvalue weighted by molar-refractivity contribution is 0.735. The minimum absolute atomic E-state index is 0.118. The van der Waals surface area contributed by atoms with Crippen molar-refractivity contribution in [1.29, 1.82) is 0 Å². The van der Waals surface area contributed by atoms with Gasteiger partial charge >= 0.3 is 0 Å².